The van der Waals surface area contributed by atoms with E-state index in [-0.39, 0.29) is 24.7 Å². The van der Waals surface area contributed by atoms with Crippen LogP contribution in [-0.2, 0) is 9.53 Å². The van der Waals surface area contributed by atoms with E-state index in [4.69, 9.17) is 10.5 Å². The van der Waals surface area contributed by atoms with Crippen molar-refractivity contribution in [2.75, 3.05) is 44.9 Å². The number of aliphatic hydroxyl groups excluding tert-OH is 1. The highest BCUT2D eigenvalue weighted by atomic mass is 19.1. The van der Waals surface area contributed by atoms with Crippen molar-refractivity contribution >= 4 is 17.3 Å². The number of carbonyl (C=O) groups excluding carboxylic acids is 1. The Bertz CT molecular complexity index is 456. The smallest absolute Gasteiger partial charge is 0.238 e. The summed E-state index contributed by atoms with van der Waals surface area (Å²) < 4.78 is 17.7. The highest BCUT2D eigenvalue weighted by Crippen LogP contribution is 2.18. The summed E-state index contributed by atoms with van der Waals surface area (Å²) in [6.07, 6.45) is -0.659. The minimum absolute atomic E-state index is 0.0809. The Balaban J connectivity index is 2.46. The van der Waals surface area contributed by atoms with Crippen LogP contribution in [0.2, 0.25) is 0 Å². The Morgan fingerprint density at radius 1 is 1.60 bits per heavy atom. The number of rotatable bonds is 7. The van der Waals surface area contributed by atoms with Gasteiger partial charge in [0.25, 0.3) is 0 Å². The van der Waals surface area contributed by atoms with Crippen LogP contribution in [-0.4, -0.2) is 55.9 Å². The molecule has 112 valence electrons. The highest BCUT2D eigenvalue weighted by molar-refractivity contribution is 5.95. The molecule has 1 aromatic carbocycles. The number of nitrogen functional groups attached to an aromatic ring is 1. The standard InChI is InChI=1S/C13H20FN3O3/c1-17(6-10(18)8-20-2)7-13(19)16-12-4-3-9(14)5-11(12)15/h3-5,10,18H,6-8,15H2,1-2H3,(H,16,19). The molecule has 0 saturated carbocycles. The summed E-state index contributed by atoms with van der Waals surface area (Å²) in [7, 11) is 3.19. The van der Waals surface area contributed by atoms with E-state index in [1.54, 1.807) is 11.9 Å². The maximum absolute atomic E-state index is 12.9. The zero-order chi connectivity index (χ0) is 15.1. The maximum atomic E-state index is 12.9. The van der Waals surface area contributed by atoms with Crippen molar-refractivity contribution in [1.82, 2.24) is 4.90 Å². The first-order chi connectivity index (χ1) is 9.42. The van der Waals surface area contributed by atoms with Crippen molar-refractivity contribution in [2.24, 2.45) is 0 Å². The third-order valence-corrected chi connectivity index (χ3v) is 2.58. The Morgan fingerprint density at radius 3 is 2.90 bits per heavy atom. The Morgan fingerprint density at radius 2 is 2.30 bits per heavy atom. The molecule has 4 N–H and O–H groups in total. The van der Waals surface area contributed by atoms with E-state index in [1.807, 2.05) is 0 Å². The quantitative estimate of drug-likeness (QED) is 0.627. The Hall–Kier alpha value is -1.70. The van der Waals surface area contributed by atoms with Gasteiger partial charge in [0.05, 0.1) is 30.6 Å². The fraction of sp³-hybridized carbons (Fsp3) is 0.462. The number of nitrogens with zero attached hydrogens (tertiary/aromatic N) is 1. The van der Waals surface area contributed by atoms with Gasteiger partial charge in [-0.05, 0) is 25.2 Å². The van der Waals surface area contributed by atoms with Gasteiger partial charge in [-0.15, -0.1) is 0 Å². The molecule has 20 heavy (non-hydrogen) atoms. The van der Waals surface area contributed by atoms with Crippen molar-refractivity contribution in [3.05, 3.63) is 24.0 Å². The van der Waals surface area contributed by atoms with Crippen molar-refractivity contribution < 1.29 is 19.0 Å². The number of hydrogen-bond acceptors (Lipinski definition) is 5. The normalized spacial score (nSPS) is 12.4. The summed E-state index contributed by atoms with van der Waals surface area (Å²) in [5.41, 5.74) is 6.13. The first kappa shape index (κ1) is 16.4. The lowest BCUT2D eigenvalue weighted by atomic mass is 10.2. The maximum Gasteiger partial charge on any atom is 0.238 e. The van der Waals surface area contributed by atoms with Crippen LogP contribution in [0.3, 0.4) is 0 Å². The molecule has 1 unspecified atom stereocenters. The number of ether oxygens (including phenoxy) is 1. The number of amides is 1. The number of anilines is 2. The van der Waals surface area contributed by atoms with Crippen LogP contribution in [0.25, 0.3) is 0 Å². The Kier molecular flexibility index (Phi) is 6.37. The predicted molar refractivity (Wildman–Crippen MR) is 74.8 cm³/mol. The number of halogens is 1. The minimum atomic E-state index is -0.659. The van der Waals surface area contributed by atoms with Crippen molar-refractivity contribution in [3.8, 4) is 0 Å². The van der Waals surface area contributed by atoms with E-state index in [9.17, 15) is 14.3 Å². The van der Waals surface area contributed by atoms with E-state index in [0.29, 0.717) is 12.2 Å². The van der Waals surface area contributed by atoms with Gasteiger partial charge < -0.3 is 20.9 Å². The summed E-state index contributed by atoms with van der Waals surface area (Å²) in [5.74, 6) is -0.754. The predicted octanol–water partition coefficient (Wildman–Crippen LogP) is 0.285. The van der Waals surface area contributed by atoms with Crippen LogP contribution in [0.5, 0.6) is 0 Å². The number of aliphatic hydroxyl groups is 1. The molecular formula is C13H20FN3O3. The number of methoxy groups -OCH3 is 1. The van der Waals surface area contributed by atoms with E-state index < -0.39 is 11.9 Å². The second kappa shape index (κ2) is 7.78. The second-order valence-electron chi connectivity index (χ2n) is 4.59. The molecule has 0 saturated heterocycles. The van der Waals surface area contributed by atoms with Gasteiger partial charge in [0.15, 0.2) is 0 Å². The Labute approximate surface area is 117 Å². The third-order valence-electron chi connectivity index (χ3n) is 2.58. The van der Waals surface area contributed by atoms with Crippen LogP contribution in [0.15, 0.2) is 18.2 Å². The van der Waals surface area contributed by atoms with Crippen LogP contribution in [0.1, 0.15) is 0 Å². The molecular weight excluding hydrogens is 265 g/mol. The average molecular weight is 285 g/mol. The zero-order valence-corrected chi connectivity index (χ0v) is 11.6. The molecule has 0 aromatic heterocycles. The highest BCUT2D eigenvalue weighted by Gasteiger charge is 2.12. The SMILES string of the molecule is COCC(O)CN(C)CC(=O)Nc1ccc(F)cc1N. The molecule has 0 heterocycles. The monoisotopic (exact) mass is 285 g/mol. The first-order valence-corrected chi connectivity index (χ1v) is 6.12. The lowest BCUT2D eigenvalue weighted by Gasteiger charge is -2.19. The molecule has 7 heteroatoms. The summed E-state index contributed by atoms with van der Waals surface area (Å²) in [6, 6.07) is 3.77. The van der Waals surface area contributed by atoms with Crippen LogP contribution in [0, 0.1) is 5.82 Å². The fourth-order valence-corrected chi connectivity index (χ4v) is 1.75. The molecule has 1 amide bonds. The molecule has 0 aliphatic rings. The molecule has 0 radical (unpaired) electrons. The second-order valence-corrected chi connectivity index (χ2v) is 4.59. The van der Waals surface area contributed by atoms with Gasteiger partial charge in [-0.3, -0.25) is 9.69 Å². The molecule has 1 atom stereocenters. The zero-order valence-electron chi connectivity index (χ0n) is 11.6. The number of hydrogen-bond donors (Lipinski definition) is 3. The van der Waals surface area contributed by atoms with E-state index in [1.165, 1.54) is 19.2 Å². The van der Waals surface area contributed by atoms with E-state index in [0.717, 1.165) is 6.07 Å². The first-order valence-electron chi connectivity index (χ1n) is 6.12. The van der Waals surface area contributed by atoms with E-state index in [2.05, 4.69) is 5.32 Å². The topological polar surface area (TPSA) is 87.8 Å². The third kappa shape index (κ3) is 5.52. The summed E-state index contributed by atoms with van der Waals surface area (Å²) in [4.78, 5) is 13.4. The molecule has 0 bridgehead atoms. The molecule has 0 aliphatic carbocycles. The summed E-state index contributed by atoms with van der Waals surface area (Å²) >= 11 is 0. The van der Waals surface area contributed by atoms with Crippen LogP contribution < -0.4 is 11.1 Å². The van der Waals surface area contributed by atoms with Gasteiger partial charge in [-0.1, -0.05) is 0 Å². The van der Waals surface area contributed by atoms with Crippen LogP contribution >= 0.6 is 0 Å². The number of carbonyl (C=O) groups is 1. The lowest BCUT2D eigenvalue weighted by Crippen LogP contribution is -2.37. The van der Waals surface area contributed by atoms with Gasteiger partial charge in [0.2, 0.25) is 5.91 Å². The molecule has 0 spiro atoms. The van der Waals surface area contributed by atoms with Gasteiger partial charge in [-0.2, -0.15) is 0 Å². The number of likely N-dealkylation sites (N-methyl/N-ethyl adjacent to an activating group) is 1. The van der Waals surface area contributed by atoms with Gasteiger partial charge in [0, 0.05) is 13.7 Å². The van der Waals surface area contributed by atoms with E-state index >= 15 is 0 Å². The van der Waals surface area contributed by atoms with Crippen molar-refractivity contribution in [2.45, 2.75) is 6.10 Å². The number of nitrogens with one attached hydrogen (secondary N) is 1. The summed E-state index contributed by atoms with van der Waals surface area (Å²) in [5, 5.41) is 12.1. The van der Waals surface area contributed by atoms with Gasteiger partial charge >= 0.3 is 0 Å². The molecule has 1 aromatic rings. The molecule has 0 fully saturated rings. The minimum Gasteiger partial charge on any atom is -0.397 e. The van der Waals surface area contributed by atoms with Crippen molar-refractivity contribution in [3.63, 3.8) is 0 Å². The van der Waals surface area contributed by atoms with Gasteiger partial charge in [0.1, 0.15) is 5.82 Å². The van der Waals surface area contributed by atoms with Crippen LogP contribution in [0.4, 0.5) is 15.8 Å². The molecule has 1 rings (SSSR count). The fourth-order valence-electron chi connectivity index (χ4n) is 1.75. The number of benzene rings is 1. The van der Waals surface area contributed by atoms with Gasteiger partial charge in [-0.25, -0.2) is 4.39 Å². The average Bonchev–Trinajstić information content (AvgIpc) is 2.32. The molecule has 0 aliphatic heterocycles. The number of nitrogens with two attached hydrogens (primary N) is 1. The lowest BCUT2D eigenvalue weighted by molar-refractivity contribution is -0.117. The largest absolute Gasteiger partial charge is 0.397 e. The summed E-state index contributed by atoms with van der Waals surface area (Å²) in [6.45, 7) is 0.592. The van der Waals surface area contributed by atoms with Crippen molar-refractivity contribution in [1.29, 1.82) is 0 Å². The molecule has 6 nitrogen and oxygen atoms in total.